The van der Waals surface area contributed by atoms with E-state index >= 15 is 0 Å². The molecular formula is C10H6N4S3. The lowest BCUT2D eigenvalue weighted by atomic mass is 10.1. The van der Waals surface area contributed by atoms with Gasteiger partial charge in [-0.15, -0.1) is 22.7 Å². The molecule has 1 aromatic carbocycles. The van der Waals surface area contributed by atoms with Crippen LogP contribution in [0.2, 0.25) is 0 Å². The summed E-state index contributed by atoms with van der Waals surface area (Å²) in [6.45, 7) is 0. The summed E-state index contributed by atoms with van der Waals surface area (Å²) < 4.78 is 11.1. The highest BCUT2D eigenvalue weighted by Gasteiger charge is 2.16. The summed E-state index contributed by atoms with van der Waals surface area (Å²) in [7, 11) is 0. The molecule has 0 aliphatic carbocycles. The minimum absolute atomic E-state index is 0.800. The van der Waals surface area contributed by atoms with Crippen LogP contribution in [0, 0.1) is 0 Å². The third kappa shape index (κ3) is 1.16. The zero-order valence-electron chi connectivity index (χ0n) is 8.43. The van der Waals surface area contributed by atoms with E-state index < -0.39 is 0 Å². The van der Waals surface area contributed by atoms with E-state index in [9.17, 15) is 0 Å². The number of fused-ring (bicyclic) bond motifs is 6. The van der Waals surface area contributed by atoms with E-state index in [0.29, 0.717) is 0 Å². The van der Waals surface area contributed by atoms with Crippen LogP contribution in [0.25, 0.3) is 31.2 Å². The molecule has 4 nitrogen and oxygen atoms in total. The van der Waals surface area contributed by atoms with Gasteiger partial charge in [0.25, 0.3) is 0 Å². The van der Waals surface area contributed by atoms with Crippen molar-refractivity contribution in [3.63, 3.8) is 0 Å². The van der Waals surface area contributed by atoms with Crippen molar-refractivity contribution in [2.24, 2.45) is 0 Å². The van der Waals surface area contributed by atoms with Crippen LogP contribution in [-0.2, 0) is 0 Å². The van der Waals surface area contributed by atoms with Gasteiger partial charge < -0.3 is 11.5 Å². The van der Waals surface area contributed by atoms with Crippen molar-refractivity contribution in [2.45, 2.75) is 0 Å². The molecule has 0 aliphatic heterocycles. The number of benzene rings is 1. The normalized spacial score (nSPS) is 12.0. The number of anilines is 2. The van der Waals surface area contributed by atoms with Crippen LogP contribution in [0.1, 0.15) is 0 Å². The maximum absolute atomic E-state index is 5.90. The summed E-state index contributed by atoms with van der Waals surface area (Å²) in [6, 6.07) is 3.94. The summed E-state index contributed by atoms with van der Waals surface area (Å²) in [6.07, 6.45) is 0. The van der Waals surface area contributed by atoms with E-state index in [1.165, 1.54) is 21.1 Å². The minimum Gasteiger partial charge on any atom is -0.391 e. The van der Waals surface area contributed by atoms with E-state index in [2.05, 4.69) is 8.75 Å². The molecule has 17 heavy (non-hydrogen) atoms. The Bertz CT molecular complexity index is 799. The zero-order valence-corrected chi connectivity index (χ0v) is 10.9. The van der Waals surface area contributed by atoms with Crippen LogP contribution in [0.4, 0.5) is 10.0 Å². The Morgan fingerprint density at radius 3 is 1.76 bits per heavy atom. The fraction of sp³-hybridized carbons (Fsp3) is 0. The van der Waals surface area contributed by atoms with Gasteiger partial charge in [0.1, 0.15) is 11.0 Å². The maximum Gasteiger partial charge on any atom is 0.114 e. The molecule has 84 valence electrons. The number of aromatic nitrogens is 2. The first-order valence-corrected chi connectivity index (χ1v) is 7.22. The van der Waals surface area contributed by atoms with Gasteiger partial charge in [0, 0.05) is 10.8 Å². The van der Waals surface area contributed by atoms with Crippen LogP contribution in [0.3, 0.4) is 0 Å². The molecule has 0 saturated carbocycles. The lowest BCUT2D eigenvalue weighted by Crippen LogP contribution is -1.75. The first-order chi connectivity index (χ1) is 8.24. The largest absolute Gasteiger partial charge is 0.391 e. The predicted octanol–water partition coefficient (Wildman–Crippen LogP) is 3.29. The SMILES string of the molecule is Nc1cc2c3nsnc3c3cc(N)sc3c2s1. The number of nitrogens with zero attached hydrogens (tertiary/aromatic N) is 2. The zero-order chi connectivity index (χ0) is 11.6. The van der Waals surface area contributed by atoms with Crippen molar-refractivity contribution in [3.05, 3.63) is 12.1 Å². The fourth-order valence-corrected chi connectivity index (χ4v) is 4.64. The van der Waals surface area contributed by atoms with Gasteiger partial charge in [-0.3, -0.25) is 0 Å². The highest BCUT2D eigenvalue weighted by atomic mass is 32.1. The van der Waals surface area contributed by atoms with Gasteiger partial charge >= 0.3 is 0 Å². The van der Waals surface area contributed by atoms with E-state index in [-0.39, 0.29) is 0 Å². The Labute approximate surface area is 108 Å². The highest BCUT2D eigenvalue weighted by molar-refractivity contribution is 7.30. The number of thiophene rings is 2. The predicted molar refractivity (Wildman–Crippen MR) is 77.0 cm³/mol. The van der Waals surface area contributed by atoms with Crippen molar-refractivity contribution in [1.29, 1.82) is 0 Å². The Hall–Kier alpha value is -1.44. The Morgan fingerprint density at radius 1 is 0.824 bits per heavy atom. The lowest BCUT2D eigenvalue weighted by molar-refractivity contribution is 1.72. The Balaban J connectivity index is 2.46. The smallest absolute Gasteiger partial charge is 0.114 e. The standard InChI is InChI=1S/C10H6N4S3/c11-5-1-3-7-8(14-17-13-7)4-2-6(12)16-10(4)9(3)15-5/h1-2H,11-12H2. The van der Waals surface area contributed by atoms with Gasteiger partial charge in [-0.2, -0.15) is 8.75 Å². The van der Waals surface area contributed by atoms with Gasteiger partial charge in [0.2, 0.25) is 0 Å². The molecule has 3 heterocycles. The monoisotopic (exact) mass is 278 g/mol. The molecule has 0 radical (unpaired) electrons. The lowest BCUT2D eigenvalue weighted by Gasteiger charge is -1.93. The first-order valence-electron chi connectivity index (χ1n) is 4.86. The van der Waals surface area contributed by atoms with Crippen LogP contribution in [0.5, 0.6) is 0 Å². The third-order valence-electron chi connectivity index (χ3n) is 2.71. The first kappa shape index (κ1) is 9.58. The second kappa shape index (κ2) is 3.06. The highest BCUT2D eigenvalue weighted by Crippen LogP contribution is 2.43. The molecule has 3 aromatic heterocycles. The van der Waals surface area contributed by atoms with Crippen molar-refractivity contribution < 1.29 is 0 Å². The third-order valence-corrected chi connectivity index (χ3v) is 5.33. The molecule has 4 aromatic rings. The number of nitrogen functional groups attached to an aromatic ring is 2. The summed E-state index contributed by atoms with van der Waals surface area (Å²) >= 11 is 4.39. The summed E-state index contributed by atoms with van der Waals surface area (Å²) in [5.74, 6) is 0. The molecule has 4 rings (SSSR count). The molecule has 0 amide bonds. The minimum atomic E-state index is 0.800. The van der Waals surface area contributed by atoms with Crippen LogP contribution in [0.15, 0.2) is 12.1 Å². The van der Waals surface area contributed by atoms with Crippen molar-refractivity contribution in [1.82, 2.24) is 8.75 Å². The van der Waals surface area contributed by atoms with E-state index in [1.54, 1.807) is 22.7 Å². The molecule has 0 spiro atoms. The molecule has 0 atom stereocenters. The van der Waals surface area contributed by atoms with Crippen LogP contribution >= 0.6 is 34.4 Å². The second-order valence-electron chi connectivity index (χ2n) is 3.74. The average molecular weight is 278 g/mol. The topological polar surface area (TPSA) is 77.8 Å². The summed E-state index contributed by atoms with van der Waals surface area (Å²) in [4.78, 5) is 0. The number of nitrogens with two attached hydrogens (primary N) is 2. The molecule has 7 heteroatoms. The second-order valence-corrected chi connectivity index (χ2v) is 6.44. The summed E-state index contributed by atoms with van der Waals surface area (Å²) in [5.41, 5.74) is 13.7. The van der Waals surface area contributed by atoms with E-state index in [0.717, 1.165) is 31.8 Å². The Kier molecular flexibility index (Phi) is 1.73. The van der Waals surface area contributed by atoms with Gasteiger partial charge in [-0.05, 0) is 12.1 Å². The molecule has 0 fully saturated rings. The maximum atomic E-state index is 5.90. The van der Waals surface area contributed by atoms with Gasteiger partial charge in [-0.1, -0.05) is 0 Å². The quantitative estimate of drug-likeness (QED) is 0.517. The van der Waals surface area contributed by atoms with Gasteiger partial charge in [0.15, 0.2) is 0 Å². The number of hydrogen-bond donors (Lipinski definition) is 2. The van der Waals surface area contributed by atoms with Crippen LogP contribution < -0.4 is 11.5 Å². The van der Waals surface area contributed by atoms with E-state index in [4.69, 9.17) is 11.5 Å². The molecule has 4 N–H and O–H groups in total. The molecule has 0 unspecified atom stereocenters. The molecule has 0 aliphatic rings. The number of rotatable bonds is 0. The summed E-state index contributed by atoms with van der Waals surface area (Å²) in [5, 5.41) is 3.78. The average Bonchev–Trinajstić information content (AvgIpc) is 2.91. The van der Waals surface area contributed by atoms with Crippen molar-refractivity contribution >= 4 is 75.6 Å². The molecular weight excluding hydrogens is 272 g/mol. The van der Waals surface area contributed by atoms with E-state index in [1.807, 2.05) is 12.1 Å². The molecule has 0 saturated heterocycles. The van der Waals surface area contributed by atoms with Crippen molar-refractivity contribution in [2.75, 3.05) is 11.5 Å². The molecule has 0 bridgehead atoms. The fourth-order valence-electron chi connectivity index (χ4n) is 2.05. The van der Waals surface area contributed by atoms with Crippen molar-refractivity contribution in [3.8, 4) is 0 Å². The van der Waals surface area contributed by atoms with Gasteiger partial charge in [0.05, 0.1) is 31.1 Å². The van der Waals surface area contributed by atoms with Crippen LogP contribution in [-0.4, -0.2) is 8.75 Å². The number of hydrogen-bond acceptors (Lipinski definition) is 7. The Morgan fingerprint density at radius 2 is 1.29 bits per heavy atom. The van der Waals surface area contributed by atoms with Gasteiger partial charge in [-0.25, -0.2) is 0 Å².